The van der Waals surface area contributed by atoms with Gasteiger partial charge in [-0.15, -0.1) is 0 Å². The topological polar surface area (TPSA) is 46.3 Å². The largest absolute Gasteiger partial charge is 0.339 e. The van der Waals surface area contributed by atoms with Crippen molar-refractivity contribution in [2.75, 3.05) is 19.6 Å². The second-order valence-corrected chi connectivity index (χ2v) is 5.54. The van der Waals surface area contributed by atoms with E-state index < -0.39 is 0 Å². The first kappa shape index (κ1) is 26.1. The van der Waals surface area contributed by atoms with E-state index in [1.54, 1.807) is 12.2 Å². The average Bonchev–Trinajstić information content (AvgIpc) is 3.11. The van der Waals surface area contributed by atoms with Gasteiger partial charge in [0.05, 0.1) is 0 Å². The minimum atomic E-state index is 0.105. The number of nitrogens with zero attached hydrogens (tertiary/aromatic N) is 1. The lowest BCUT2D eigenvalue weighted by atomic mass is 9.88. The number of hydrogen-bond acceptors (Lipinski definition) is 2. The number of amides is 1. The van der Waals surface area contributed by atoms with Crippen molar-refractivity contribution in [1.29, 1.82) is 0 Å². The summed E-state index contributed by atoms with van der Waals surface area (Å²) in [5.74, 6) is 0.105. The molecule has 0 aromatic rings. The Hall–Kier alpha value is -0.830. The van der Waals surface area contributed by atoms with E-state index in [1.165, 1.54) is 12.8 Å². The molecule has 0 spiro atoms. The van der Waals surface area contributed by atoms with Gasteiger partial charge in [0.2, 0.25) is 5.91 Å². The molecular weight excluding hydrogens is 272 g/mol. The van der Waals surface area contributed by atoms with Gasteiger partial charge in [-0.25, -0.2) is 0 Å². The van der Waals surface area contributed by atoms with Gasteiger partial charge in [0.1, 0.15) is 0 Å². The molecule has 2 N–H and O–H groups in total. The summed E-state index contributed by atoms with van der Waals surface area (Å²) < 4.78 is 0. The van der Waals surface area contributed by atoms with Crippen LogP contribution in [0.4, 0.5) is 0 Å². The van der Waals surface area contributed by atoms with Crippen LogP contribution in [0.25, 0.3) is 0 Å². The van der Waals surface area contributed by atoms with Crippen LogP contribution in [0.2, 0.25) is 0 Å². The second-order valence-electron chi connectivity index (χ2n) is 5.54. The van der Waals surface area contributed by atoms with Gasteiger partial charge in [-0.1, -0.05) is 74.3 Å². The van der Waals surface area contributed by atoms with E-state index in [2.05, 4.69) is 27.7 Å². The van der Waals surface area contributed by atoms with Gasteiger partial charge in [-0.3, -0.25) is 4.79 Å². The Balaban J connectivity index is -0.000000285. The van der Waals surface area contributed by atoms with Gasteiger partial charge in [0.15, 0.2) is 0 Å². The van der Waals surface area contributed by atoms with Crippen molar-refractivity contribution in [1.82, 2.24) is 4.90 Å². The molecule has 1 saturated heterocycles. The Kier molecular flexibility index (Phi) is 21.6. The van der Waals surface area contributed by atoms with Crippen LogP contribution >= 0.6 is 0 Å². The van der Waals surface area contributed by atoms with Crippen LogP contribution in [0.15, 0.2) is 12.2 Å². The molecule has 1 heterocycles. The van der Waals surface area contributed by atoms with E-state index in [0.717, 1.165) is 25.9 Å². The molecule has 0 saturated carbocycles. The first-order chi connectivity index (χ1) is 10.5. The second kappa shape index (κ2) is 18.2. The molecule has 0 aromatic heterocycles. The standard InChI is InChI=1S/C8H14N2O.C7H16.2C2H6/c9-5-3-4-8(11)10-6-1-2-7-10;1-5-7(3,4)6-2;2*1-2/h3-4H,1-2,5-7,9H2;5-6H2,1-4H3;2*1-2H3/b4-3+;;;. The monoisotopic (exact) mass is 314 g/mol. The molecular formula is C19H42N2O. The van der Waals surface area contributed by atoms with Crippen molar-refractivity contribution in [3.8, 4) is 0 Å². The van der Waals surface area contributed by atoms with Crippen LogP contribution in [0.5, 0.6) is 0 Å². The lowest BCUT2D eigenvalue weighted by Crippen LogP contribution is -2.25. The van der Waals surface area contributed by atoms with E-state index in [4.69, 9.17) is 5.73 Å². The maximum absolute atomic E-state index is 11.2. The maximum atomic E-state index is 11.2. The number of likely N-dealkylation sites (tertiary alicyclic amines) is 1. The summed E-state index contributed by atoms with van der Waals surface area (Å²) in [7, 11) is 0. The number of carbonyl (C=O) groups is 1. The van der Waals surface area contributed by atoms with Crippen molar-refractivity contribution in [2.24, 2.45) is 11.1 Å². The molecule has 1 fully saturated rings. The van der Waals surface area contributed by atoms with Crippen molar-refractivity contribution >= 4 is 5.91 Å². The fourth-order valence-electron chi connectivity index (χ4n) is 1.46. The zero-order chi connectivity index (χ0) is 18.0. The number of carbonyl (C=O) groups excluding carboxylic acids is 1. The fourth-order valence-corrected chi connectivity index (χ4v) is 1.46. The van der Waals surface area contributed by atoms with Crippen molar-refractivity contribution in [2.45, 2.75) is 81.1 Å². The summed E-state index contributed by atoms with van der Waals surface area (Å²) in [5.41, 5.74) is 5.80. The molecule has 0 radical (unpaired) electrons. The number of nitrogens with two attached hydrogens (primary N) is 1. The zero-order valence-electron chi connectivity index (χ0n) is 16.5. The molecule has 1 rings (SSSR count). The molecule has 134 valence electrons. The van der Waals surface area contributed by atoms with Gasteiger partial charge in [0.25, 0.3) is 0 Å². The number of rotatable bonds is 4. The Bertz CT molecular complexity index is 248. The normalized spacial score (nSPS) is 13.4. The van der Waals surface area contributed by atoms with Crippen molar-refractivity contribution < 1.29 is 4.79 Å². The molecule has 3 nitrogen and oxygen atoms in total. The molecule has 0 aliphatic carbocycles. The van der Waals surface area contributed by atoms with Crippen molar-refractivity contribution in [3.05, 3.63) is 12.2 Å². The number of hydrogen-bond donors (Lipinski definition) is 1. The molecule has 0 aromatic carbocycles. The maximum Gasteiger partial charge on any atom is 0.246 e. The third-order valence-electron chi connectivity index (χ3n) is 3.73. The fraction of sp³-hybridized carbons (Fsp3) is 0.842. The van der Waals surface area contributed by atoms with Gasteiger partial charge in [-0.05, 0) is 18.3 Å². The molecule has 22 heavy (non-hydrogen) atoms. The molecule has 3 heteroatoms. The van der Waals surface area contributed by atoms with E-state index >= 15 is 0 Å². The van der Waals surface area contributed by atoms with Gasteiger partial charge >= 0.3 is 0 Å². The smallest absolute Gasteiger partial charge is 0.246 e. The third kappa shape index (κ3) is 15.6. The van der Waals surface area contributed by atoms with Gasteiger partial charge < -0.3 is 10.6 Å². The average molecular weight is 315 g/mol. The highest BCUT2D eigenvalue weighted by atomic mass is 16.2. The Morgan fingerprint density at radius 1 is 1.05 bits per heavy atom. The molecule has 1 aliphatic rings. The van der Waals surface area contributed by atoms with Crippen LogP contribution in [0.3, 0.4) is 0 Å². The van der Waals surface area contributed by atoms with Crippen LogP contribution in [-0.2, 0) is 4.79 Å². The SMILES string of the molecule is CC.CC.CCC(C)(C)CC.NC/C=C/C(=O)N1CCCC1. The third-order valence-corrected chi connectivity index (χ3v) is 3.73. The zero-order valence-corrected chi connectivity index (χ0v) is 16.5. The van der Waals surface area contributed by atoms with E-state index in [0.29, 0.717) is 12.0 Å². The van der Waals surface area contributed by atoms with E-state index in [-0.39, 0.29) is 5.91 Å². The van der Waals surface area contributed by atoms with Crippen LogP contribution in [0.1, 0.15) is 81.1 Å². The quantitative estimate of drug-likeness (QED) is 0.741. The highest BCUT2D eigenvalue weighted by Crippen LogP contribution is 2.22. The Morgan fingerprint density at radius 3 is 1.73 bits per heavy atom. The summed E-state index contributed by atoms with van der Waals surface area (Å²) in [5, 5.41) is 0. The summed E-state index contributed by atoms with van der Waals surface area (Å²) in [6.07, 6.45) is 8.13. The van der Waals surface area contributed by atoms with Crippen LogP contribution in [0, 0.1) is 5.41 Å². The highest BCUT2D eigenvalue weighted by molar-refractivity contribution is 5.87. The highest BCUT2D eigenvalue weighted by Gasteiger charge is 2.14. The van der Waals surface area contributed by atoms with Crippen LogP contribution in [-0.4, -0.2) is 30.4 Å². The predicted octanol–water partition coefficient (Wildman–Crippen LogP) is 5.01. The summed E-state index contributed by atoms with van der Waals surface area (Å²) in [6, 6.07) is 0. The van der Waals surface area contributed by atoms with Gasteiger partial charge in [0, 0.05) is 25.7 Å². The molecule has 0 unspecified atom stereocenters. The minimum absolute atomic E-state index is 0.105. The molecule has 0 atom stereocenters. The first-order valence-electron chi connectivity index (χ1n) is 9.12. The Morgan fingerprint density at radius 2 is 1.45 bits per heavy atom. The lowest BCUT2D eigenvalue weighted by Gasteiger charge is -2.18. The molecule has 1 amide bonds. The predicted molar refractivity (Wildman–Crippen MR) is 101 cm³/mol. The van der Waals surface area contributed by atoms with Gasteiger partial charge in [-0.2, -0.15) is 0 Å². The molecule has 1 aliphatic heterocycles. The summed E-state index contributed by atoms with van der Waals surface area (Å²) >= 11 is 0. The Labute approximate surface area is 140 Å². The summed E-state index contributed by atoms with van der Waals surface area (Å²) in [6.45, 7) is 19.3. The van der Waals surface area contributed by atoms with E-state index in [1.807, 2.05) is 32.6 Å². The van der Waals surface area contributed by atoms with E-state index in [9.17, 15) is 4.79 Å². The minimum Gasteiger partial charge on any atom is -0.339 e. The molecule has 0 bridgehead atoms. The lowest BCUT2D eigenvalue weighted by molar-refractivity contribution is -0.125. The van der Waals surface area contributed by atoms with Crippen molar-refractivity contribution in [3.63, 3.8) is 0 Å². The van der Waals surface area contributed by atoms with Crippen LogP contribution < -0.4 is 5.73 Å². The first-order valence-corrected chi connectivity index (χ1v) is 9.12. The summed E-state index contributed by atoms with van der Waals surface area (Å²) in [4.78, 5) is 13.0.